The summed E-state index contributed by atoms with van der Waals surface area (Å²) in [5.74, 6) is -0.884. The summed E-state index contributed by atoms with van der Waals surface area (Å²) in [6, 6.07) is 22.4. The molecule has 0 amide bonds. The third-order valence-corrected chi connectivity index (χ3v) is 7.30. The van der Waals surface area contributed by atoms with Gasteiger partial charge in [0, 0.05) is 5.56 Å². The van der Waals surface area contributed by atoms with E-state index in [1.807, 2.05) is 59.5 Å². The van der Waals surface area contributed by atoms with Gasteiger partial charge >= 0.3 is 11.7 Å². The van der Waals surface area contributed by atoms with Crippen molar-refractivity contribution in [2.75, 3.05) is 13.1 Å². The SMILES string of the molecule is C[C@H](c1ccccc1F)n1ncn(-c2ccc(C3CCN([C@@H](C(=O)O)c4ccccc4)CC3)cc2)c1=O. The Balaban J connectivity index is 1.28. The van der Waals surface area contributed by atoms with Gasteiger partial charge in [-0.3, -0.25) is 9.69 Å². The van der Waals surface area contributed by atoms with Crippen LogP contribution in [-0.4, -0.2) is 43.4 Å². The summed E-state index contributed by atoms with van der Waals surface area (Å²) in [5, 5.41) is 14.1. The van der Waals surface area contributed by atoms with Crippen molar-refractivity contribution in [3.63, 3.8) is 0 Å². The summed E-state index contributed by atoms with van der Waals surface area (Å²) in [7, 11) is 0. The predicted molar refractivity (Wildman–Crippen MR) is 138 cm³/mol. The lowest BCUT2D eigenvalue weighted by molar-refractivity contribution is -0.144. The topological polar surface area (TPSA) is 80.4 Å². The average Bonchev–Trinajstić information content (AvgIpc) is 3.31. The van der Waals surface area contributed by atoms with Gasteiger partial charge in [-0.25, -0.2) is 18.4 Å². The first kappa shape index (κ1) is 24.6. The zero-order valence-corrected chi connectivity index (χ0v) is 20.6. The average molecular weight is 501 g/mol. The van der Waals surface area contributed by atoms with Gasteiger partial charge in [0.2, 0.25) is 0 Å². The van der Waals surface area contributed by atoms with Crippen molar-refractivity contribution in [1.82, 2.24) is 19.2 Å². The third-order valence-electron chi connectivity index (χ3n) is 7.30. The Morgan fingerprint density at radius 3 is 2.27 bits per heavy atom. The van der Waals surface area contributed by atoms with E-state index in [-0.39, 0.29) is 11.5 Å². The van der Waals surface area contributed by atoms with Gasteiger partial charge in [0.05, 0.1) is 11.7 Å². The number of piperidine rings is 1. The number of aliphatic carboxylic acids is 1. The number of carboxylic acid groups (broad SMARTS) is 1. The summed E-state index contributed by atoms with van der Waals surface area (Å²) in [5.41, 5.74) is 2.72. The monoisotopic (exact) mass is 500 g/mol. The Morgan fingerprint density at radius 1 is 0.973 bits per heavy atom. The van der Waals surface area contributed by atoms with Gasteiger partial charge in [0.15, 0.2) is 0 Å². The van der Waals surface area contributed by atoms with E-state index < -0.39 is 18.1 Å². The Labute approximate surface area is 214 Å². The van der Waals surface area contributed by atoms with E-state index in [0.29, 0.717) is 30.3 Å². The molecule has 0 spiro atoms. The maximum Gasteiger partial charge on any atom is 0.350 e. The molecule has 1 fully saturated rings. The molecule has 1 aromatic heterocycles. The number of hydrogen-bond donors (Lipinski definition) is 1. The van der Waals surface area contributed by atoms with Gasteiger partial charge in [-0.1, -0.05) is 60.7 Å². The second-order valence-corrected chi connectivity index (χ2v) is 9.48. The smallest absolute Gasteiger partial charge is 0.350 e. The fourth-order valence-corrected chi connectivity index (χ4v) is 5.25. The summed E-state index contributed by atoms with van der Waals surface area (Å²) in [6.07, 6.45) is 3.17. The number of carbonyl (C=O) groups is 1. The Hall–Kier alpha value is -4.04. The molecule has 0 saturated carbocycles. The van der Waals surface area contributed by atoms with Crippen LogP contribution in [-0.2, 0) is 4.79 Å². The Morgan fingerprint density at radius 2 is 1.62 bits per heavy atom. The number of benzene rings is 3. The summed E-state index contributed by atoms with van der Waals surface area (Å²) in [6.45, 7) is 3.14. The van der Waals surface area contributed by atoms with Gasteiger partial charge in [-0.2, -0.15) is 5.10 Å². The lowest BCUT2D eigenvalue weighted by atomic mass is 9.88. The molecule has 190 valence electrons. The van der Waals surface area contributed by atoms with Gasteiger partial charge in [0.25, 0.3) is 0 Å². The maximum absolute atomic E-state index is 14.2. The van der Waals surface area contributed by atoms with E-state index in [1.54, 1.807) is 25.1 Å². The van der Waals surface area contributed by atoms with Crippen LogP contribution in [0.2, 0.25) is 0 Å². The zero-order chi connectivity index (χ0) is 25.9. The van der Waals surface area contributed by atoms with E-state index in [4.69, 9.17) is 0 Å². The minimum Gasteiger partial charge on any atom is -0.480 e. The van der Waals surface area contributed by atoms with E-state index in [9.17, 15) is 19.1 Å². The van der Waals surface area contributed by atoms with Crippen LogP contribution in [0.25, 0.3) is 5.69 Å². The van der Waals surface area contributed by atoms with Gasteiger partial charge in [-0.15, -0.1) is 0 Å². The van der Waals surface area contributed by atoms with Crippen molar-refractivity contribution in [2.45, 2.75) is 37.8 Å². The highest BCUT2D eigenvalue weighted by Crippen LogP contribution is 2.33. The normalized spacial score (nSPS) is 16.4. The molecule has 0 radical (unpaired) electrons. The quantitative estimate of drug-likeness (QED) is 0.395. The number of nitrogens with zero attached hydrogens (tertiary/aromatic N) is 4. The zero-order valence-electron chi connectivity index (χ0n) is 20.6. The van der Waals surface area contributed by atoms with Gasteiger partial charge < -0.3 is 5.11 Å². The third kappa shape index (κ3) is 4.97. The fraction of sp³-hybridized carbons (Fsp3) is 0.276. The van der Waals surface area contributed by atoms with Crippen molar-refractivity contribution in [1.29, 1.82) is 0 Å². The van der Waals surface area contributed by atoms with Crippen LogP contribution >= 0.6 is 0 Å². The van der Waals surface area contributed by atoms with E-state index >= 15 is 0 Å². The molecule has 0 bridgehead atoms. The Kier molecular flexibility index (Phi) is 7.01. The summed E-state index contributed by atoms with van der Waals surface area (Å²) >= 11 is 0. The highest BCUT2D eigenvalue weighted by Gasteiger charge is 2.31. The summed E-state index contributed by atoms with van der Waals surface area (Å²) in [4.78, 5) is 27.1. The van der Waals surface area contributed by atoms with Crippen LogP contribution in [0.1, 0.15) is 54.5 Å². The minimum atomic E-state index is -0.829. The van der Waals surface area contributed by atoms with Crippen LogP contribution in [0.5, 0.6) is 0 Å². The molecule has 2 heterocycles. The molecule has 1 aliphatic rings. The number of likely N-dealkylation sites (tertiary alicyclic amines) is 1. The maximum atomic E-state index is 14.2. The highest BCUT2D eigenvalue weighted by molar-refractivity contribution is 5.75. The van der Waals surface area contributed by atoms with E-state index in [2.05, 4.69) is 5.10 Å². The molecule has 3 aromatic carbocycles. The molecule has 2 atom stereocenters. The molecule has 5 rings (SSSR count). The lowest BCUT2D eigenvalue weighted by Gasteiger charge is -2.36. The van der Waals surface area contributed by atoms with Crippen LogP contribution in [0, 0.1) is 5.82 Å². The molecule has 8 heteroatoms. The molecular weight excluding hydrogens is 471 g/mol. The van der Waals surface area contributed by atoms with E-state index in [0.717, 1.165) is 24.0 Å². The molecule has 4 aromatic rings. The van der Waals surface area contributed by atoms with Crippen LogP contribution < -0.4 is 5.69 Å². The predicted octanol–water partition coefficient (Wildman–Crippen LogP) is 4.79. The van der Waals surface area contributed by atoms with Crippen LogP contribution in [0.3, 0.4) is 0 Å². The minimum absolute atomic E-state index is 0.316. The summed E-state index contributed by atoms with van der Waals surface area (Å²) < 4.78 is 17.0. The molecule has 1 N–H and O–H groups in total. The largest absolute Gasteiger partial charge is 0.480 e. The number of carboxylic acids is 1. The van der Waals surface area contributed by atoms with Crippen LogP contribution in [0.4, 0.5) is 4.39 Å². The molecule has 7 nitrogen and oxygen atoms in total. The fourth-order valence-electron chi connectivity index (χ4n) is 5.25. The first-order valence-corrected chi connectivity index (χ1v) is 12.5. The molecule has 1 aliphatic heterocycles. The first-order valence-electron chi connectivity index (χ1n) is 12.5. The van der Waals surface area contributed by atoms with Crippen molar-refractivity contribution < 1.29 is 14.3 Å². The number of rotatable bonds is 7. The van der Waals surface area contributed by atoms with Crippen molar-refractivity contribution in [2.24, 2.45) is 0 Å². The van der Waals surface area contributed by atoms with Gasteiger partial charge in [-0.05, 0) is 68.1 Å². The molecule has 0 unspecified atom stereocenters. The molecule has 1 saturated heterocycles. The Bertz CT molecular complexity index is 1420. The standard InChI is InChI=1S/C29H29FN4O3/c1-20(25-9-5-6-10-26(25)30)34-29(37)33(19-31-34)24-13-11-21(12-14-24)22-15-17-32(18-16-22)27(28(35)36)23-7-3-2-4-8-23/h2-14,19-20,22,27H,15-18H2,1H3,(H,35,36)/t20-,27-/m1/s1. The molecular formula is C29H29FN4O3. The number of hydrogen-bond acceptors (Lipinski definition) is 4. The van der Waals surface area contributed by atoms with E-state index in [1.165, 1.54) is 21.6 Å². The van der Waals surface area contributed by atoms with Crippen molar-refractivity contribution in [3.05, 3.63) is 118 Å². The highest BCUT2D eigenvalue weighted by atomic mass is 19.1. The lowest BCUT2D eigenvalue weighted by Crippen LogP contribution is -2.39. The number of aromatic nitrogens is 3. The van der Waals surface area contributed by atoms with Crippen molar-refractivity contribution in [3.8, 4) is 5.69 Å². The first-order chi connectivity index (χ1) is 17.9. The van der Waals surface area contributed by atoms with Crippen molar-refractivity contribution >= 4 is 5.97 Å². The second-order valence-electron chi connectivity index (χ2n) is 9.48. The molecule has 0 aliphatic carbocycles. The number of halogens is 1. The molecule has 37 heavy (non-hydrogen) atoms. The van der Waals surface area contributed by atoms with Crippen LogP contribution in [0.15, 0.2) is 90.0 Å². The van der Waals surface area contributed by atoms with Gasteiger partial charge in [0.1, 0.15) is 18.2 Å². The second kappa shape index (κ2) is 10.5.